The third-order valence-corrected chi connectivity index (χ3v) is 4.47. The monoisotopic (exact) mass is 392 g/mol. The Morgan fingerprint density at radius 3 is 2.62 bits per heavy atom. The number of hydrogen-bond acceptors (Lipinski definition) is 5. The second-order valence-corrected chi connectivity index (χ2v) is 6.37. The maximum Gasteiger partial charge on any atom is 0.346 e. The first-order valence-electron chi connectivity index (χ1n) is 7.67. The molecule has 1 unspecified atom stereocenters. The number of methoxy groups -OCH3 is 1. The highest BCUT2D eigenvalue weighted by Crippen LogP contribution is 2.35. The van der Waals surface area contributed by atoms with Crippen LogP contribution in [0.15, 0.2) is 42.2 Å². The van der Waals surface area contributed by atoms with E-state index >= 15 is 0 Å². The second-order valence-electron chi connectivity index (χ2n) is 5.55. The summed E-state index contributed by atoms with van der Waals surface area (Å²) in [4.78, 5) is 23.9. The van der Waals surface area contributed by atoms with Crippen LogP contribution in [0.3, 0.4) is 0 Å². The lowest BCUT2D eigenvalue weighted by Gasteiger charge is -2.12. The molecule has 0 bridgehead atoms. The van der Waals surface area contributed by atoms with Gasteiger partial charge in [0.2, 0.25) is 5.78 Å². The minimum atomic E-state index is -0.777. The first-order valence-corrected chi connectivity index (χ1v) is 8.42. The summed E-state index contributed by atoms with van der Waals surface area (Å²) >= 11 is 11.9. The molecule has 7 heteroatoms. The Hall–Kier alpha value is -2.50. The van der Waals surface area contributed by atoms with Gasteiger partial charge in [0.05, 0.1) is 22.7 Å². The molecule has 0 saturated carbocycles. The van der Waals surface area contributed by atoms with Crippen molar-refractivity contribution < 1.29 is 23.8 Å². The van der Waals surface area contributed by atoms with E-state index in [1.807, 2.05) is 0 Å². The van der Waals surface area contributed by atoms with Crippen LogP contribution in [-0.4, -0.2) is 25.0 Å². The largest absolute Gasteiger partial charge is 0.479 e. The van der Waals surface area contributed by atoms with E-state index in [-0.39, 0.29) is 11.5 Å². The smallest absolute Gasteiger partial charge is 0.346 e. The van der Waals surface area contributed by atoms with E-state index in [1.165, 1.54) is 7.11 Å². The molecule has 2 aromatic carbocycles. The molecule has 2 aromatic rings. The molecular weight excluding hydrogens is 379 g/mol. The van der Waals surface area contributed by atoms with Gasteiger partial charge in [-0.15, -0.1) is 0 Å². The van der Waals surface area contributed by atoms with Crippen LogP contribution in [-0.2, 0) is 9.53 Å². The van der Waals surface area contributed by atoms with Gasteiger partial charge in [-0.25, -0.2) is 4.79 Å². The Morgan fingerprint density at radius 2 is 1.92 bits per heavy atom. The maximum atomic E-state index is 12.5. The maximum absolute atomic E-state index is 12.5. The van der Waals surface area contributed by atoms with Crippen LogP contribution in [0.5, 0.6) is 11.5 Å². The Bertz CT molecular complexity index is 920. The molecule has 134 valence electrons. The van der Waals surface area contributed by atoms with Crippen molar-refractivity contribution in [2.45, 2.75) is 13.0 Å². The highest BCUT2D eigenvalue weighted by molar-refractivity contribution is 6.42. The van der Waals surface area contributed by atoms with Crippen molar-refractivity contribution in [3.63, 3.8) is 0 Å². The molecular formula is C19H14Cl2O5. The Kier molecular flexibility index (Phi) is 5.20. The molecule has 0 saturated heterocycles. The molecule has 0 amide bonds. The molecule has 0 radical (unpaired) electrons. The molecule has 5 nitrogen and oxygen atoms in total. The Morgan fingerprint density at radius 1 is 1.15 bits per heavy atom. The van der Waals surface area contributed by atoms with E-state index in [4.69, 9.17) is 32.7 Å². The number of halogens is 2. The summed E-state index contributed by atoms with van der Waals surface area (Å²) in [5, 5.41) is 0.814. The van der Waals surface area contributed by atoms with Crippen LogP contribution in [0.4, 0.5) is 0 Å². The van der Waals surface area contributed by atoms with E-state index in [0.29, 0.717) is 32.7 Å². The van der Waals surface area contributed by atoms with Gasteiger partial charge in [-0.05, 0) is 42.8 Å². The van der Waals surface area contributed by atoms with Crippen LogP contribution in [0, 0.1) is 0 Å². The number of ketones is 1. The summed E-state index contributed by atoms with van der Waals surface area (Å²) in [6.07, 6.45) is 0.809. The van der Waals surface area contributed by atoms with Gasteiger partial charge in [-0.2, -0.15) is 0 Å². The van der Waals surface area contributed by atoms with Crippen molar-refractivity contribution in [3.05, 3.63) is 63.3 Å². The lowest BCUT2D eigenvalue weighted by Crippen LogP contribution is -2.24. The number of hydrogen-bond donors (Lipinski definition) is 0. The van der Waals surface area contributed by atoms with Crippen LogP contribution in [0.25, 0.3) is 6.08 Å². The molecule has 0 aliphatic carbocycles. The third kappa shape index (κ3) is 3.69. The predicted molar refractivity (Wildman–Crippen MR) is 97.9 cm³/mol. The standard InChI is InChI=1S/C19H14Cl2O5/c1-10(19(23)24-2)25-12-4-5-13-16(9-12)26-17(18(13)22)8-11-3-6-14(20)15(21)7-11/h3-10H,1-2H3. The first-order chi connectivity index (χ1) is 12.4. The zero-order valence-corrected chi connectivity index (χ0v) is 15.4. The molecule has 1 aliphatic rings. The van der Waals surface area contributed by atoms with E-state index in [0.717, 1.165) is 0 Å². The average molecular weight is 393 g/mol. The van der Waals surface area contributed by atoms with E-state index in [9.17, 15) is 9.59 Å². The molecule has 0 fully saturated rings. The number of fused-ring (bicyclic) bond motifs is 1. The quantitative estimate of drug-likeness (QED) is 0.564. The average Bonchev–Trinajstić information content (AvgIpc) is 2.92. The number of ether oxygens (including phenoxy) is 3. The summed E-state index contributed by atoms with van der Waals surface area (Å²) < 4.78 is 15.8. The number of rotatable bonds is 4. The number of carbonyl (C=O) groups excluding carboxylic acids is 2. The van der Waals surface area contributed by atoms with Crippen LogP contribution < -0.4 is 9.47 Å². The minimum absolute atomic E-state index is 0.163. The topological polar surface area (TPSA) is 61.8 Å². The molecule has 0 N–H and O–H groups in total. The highest BCUT2D eigenvalue weighted by atomic mass is 35.5. The third-order valence-electron chi connectivity index (χ3n) is 3.73. The lowest BCUT2D eigenvalue weighted by atomic mass is 10.1. The lowest BCUT2D eigenvalue weighted by molar-refractivity contribution is -0.147. The van der Waals surface area contributed by atoms with Crippen LogP contribution >= 0.6 is 23.2 Å². The van der Waals surface area contributed by atoms with E-state index < -0.39 is 12.1 Å². The normalized spacial score (nSPS) is 15.4. The Balaban J connectivity index is 1.83. The van der Waals surface area contributed by atoms with Crippen LogP contribution in [0.1, 0.15) is 22.8 Å². The minimum Gasteiger partial charge on any atom is -0.479 e. The number of esters is 1. The summed E-state index contributed by atoms with van der Waals surface area (Å²) in [7, 11) is 1.28. The van der Waals surface area contributed by atoms with Crippen LogP contribution in [0.2, 0.25) is 10.0 Å². The summed E-state index contributed by atoms with van der Waals surface area (Å²) in [6, 6.07) is 9.76. The SMILES string of the molecule is COC(=O)C(C)Oc1ccc2c(c1)OC(=Cc1ccc(Cl)c(Cl)c1)C2=O. The Labute approximate surface area is 160 Å². The van der Waals surface area contributed by atoms with Gasteiger partial charge < -0.3 is 14.2 Å². The zero-order valence-electron chi connectivity index (χ0n) is 13.9. The van der Waals surface area contributed by atoms with Gasteiger partial charge >= 0.3 is 5.97 Å². The van der Waals surface area contributed by atoms with Crippen molar-refractivity contribution in [1.82, 2.24) is 0 Å². The summed E-state index contributed by atoms with van der Waals surface area (Å²) in [5.41, 5.74) is 1.10. The van der Waals surface area contributed by atoms with E-state index in [1.54, 1.807) is 49.4 Å². The van der Waals surface area contributed by atoms with Gasteiger partial charge in [-0.3, -0.25) is 4.79 Å². The molecule has 0 aromatic heterocycles. The van der Waals surface area contributed by atoms with Crippen molar-refractivity contribution in [2.75, 3.05) is 7.11 Å². The molecule has 0 spiro atoms. The second kappa shape index (κ2) is 7.40. The zero-order chi connectivity index (χ0) is 18.8. The molecule has 3 rings (SSSR count). The fourth-order valence-electron chi connectivity index (χ4n) is 2.41. The summed E-state index contributed by atoms with van der Waals surface area (Å²) in [6.45, 7) is 1.57. The fraction of sp³-hybridized carbons (Fsp3) is 0.158. The highest BCUT2D eigenvalue weighted by Gasteiger charge is 2.28. The van der Waals surface area contributed by atoms with Gasteiger partial charge in [0.15, 0.2) is 11.9 Å². The fourth-order valence-corrected chi connectivity index (χ4v) is 2.72. The number of allylic oxidation sites excluding steroid dienone is 1. The number of benzene rings is 2. The van der Waals surface area contributed by atoms with Gasteiger partial charge in [0.25, 0.3) is 0 Å². The van der Waals surface area contributed by atoms with Gasteiger partial charge in [0.1, 0.15) is 11.5 Å². The van der Waals surface area contributed by atoms with Gasteiger partial charge in [-0.1, -0.05) is 29.3 Å². The van der Waals surface area contributed by atoms with Crippen molar-refractivity contribution in [1.29, 1.82) is 0 Å². The van der Waals surface area contributed by atoms with Crippen molar-refractivity contribution >= 4 is 41.0 Å². The molecule has 1 aliphatic heterocycles. The number of carbonyl (C=O) groups is 2. The van der Waals surface area contributed by atoms with E-state index in [2.05, 4.69) is 4.74 Å². The van der Waals surface area contributed by atoms with Crippen molar-refractivity contribution in [3.8, 4) is 11.5 Å². The van der Waals surface area contributed by atoms with Crippen molar-refractivity contribution in [2.24, 2.45) is 0 Å². The first kappa shape index (κ1) is 18.3. The van der Waals surface area contributed by atoms with Gasteiger partial charge in [0, 0.05) is 6.07 Å². The molecule has 26 heavy (non-hydrogen) atoms. The predicted octanol–water partition coefficient (Wildman–Crippen LogP) is 4.55. The summed E-state index contributed by atoms with van der Waals surface area (Å²) in [5.74, 6) is 0.166. The molecule has 1 atom stereocenters. The molecule has 1 heterocycles. The number of Topliss-reactive ketones (excluding diaryl/α,β-unsaturated/α-hetero) is 1.